The summed E-state index contributed by atoms with van der Waals surface area (Å²) in [4.78, 5) is 53.7. The molecule has 1 aliphatic heterocycles. The van der Waals surface area contributed by atoms with Gasteiger partial charge in [0.05, 0.1) is 24.7 Å². The van der Waals surface area contributed by atoms with Crippen molar-refractivity contribution in [2.75, 3.05) is 13.1 Å². The first-order valence-electron chi connectivity index (χ1n) is 16.8. The van der Waals surface area contributed by atoms with Crippen LogP contribution < -0.4 is 16.0 Å². The number of aldehydes is 1. The Balaban J connectivity index is 1.81. The molecule has 1 heterocycles. The molecule has 1 saturated heterocycles. The number of hydrazine groups is 1. The van der Waals surface area contributed by atoms with E-state index in [1.807, 2.05) is 114 Å². The fraction of sp³-hybridized carbons (Fsp3) is 0.568. The lowest BCUT2D eigenvalue weighted by atomic mass is 9.84. The van der Waals surface area contributed by atoms with E-state index in [2.05, 4.69) is 16.0 Å². The molecule has 0 unspecified atom stereocenters. The molecule has 5 atom stereocenters. The number of hydrogen-bond acceptors (Lipinski definition) is 6. The third-order valence-electron chi connectivity index (χ3n) is 8.68. The van der Waals surface area contributed by atoms with E-state index in [-0.39, 0.29) is 41.0 Å². The number of carbonyl (C=O) groups is 4. The molecule has 2 aromatic carbocycles. The first kappa shape index (κ1) is 36.9. The Bertz CT molecular complexity index is 1260. The summed E-state index contributed by atoms with van der Waals surface area (Å²) in [5.41, 5.74) is 1.62. The highest BCUT2D eigenvalue weighted by atomic mass is 16.2. The quantitative estimate of drug-likeness (QED) is 0.234. The Morgan fingerprint density at radius 1 is 0.935 bits per heavy atom. The van der Waals surface area contributed by atoms with Gasteiger partial charge >= 0.3 is 6.03 Å². The van der Waals surface area contributed by atoms with Crippen molar-refractivity contribution < 1.29 is 19.2 Å². The second-order valence-corrected chi connectivity index (χ2v) is 14.1. The fourth-order valence-corrected chi connectivity index (χ4v) is 5.93. The second-order valence-electron chi connectivity index (χ2n) is 14.1. The standard InChI is InChI=1S/C37H55N5O4/c1-8-27(4)33(39-35(45)32(26(2)3)40-37(5,6)7)34(44)30-20-15-21-41(24-30)42(23-29-18-13-10-14-19-29)36(46)38-31(25-43)22-28-16-11-9-12-17-28/h9-14,16-19,25-27,30-33,40H,8,15,20-24H2,1-7H3,(H,38,46)(H,39,45)/t27-,30+,31-,32-,33-/m0/s1. The zero-order valence-corrected chi connectivity index (χ0v) is 28.8. The van der Waals surface area contributed by atoms with E-state index >= 15 is 0 Å². The molecule has 1 aliphatic rings. The van der Waals surface area contributed by atoms with Crippen molar-refractivity contribution in [2.24, 2.45) is 17.8 Å². The molecular weight excluding hydrogens is 578 g/mol. The van der Waals surface area contributed by atoms with Gasteiger partial charge in [-0.05, 0) is 63.0 Å². The van der Waals surface area contributed by atoms with Crippen LogP contribution in [0, 0.1) is 17.8 Å². The number of nitrogens with one attached hydrogen (secondary N) is 3. The number of ketones is 1. The average Bonchev–Trinajstić information content (AvgIpc) is 3.04. The van der Waals surface area contributed by atoms with Gasteiger partial charge in [0.2, 0.25) is 5.91 Å². The van der Waals surface area contributed by atoms with E-state index in [1.165, 1.54) is 0 Å². The van der Waals surface area contributed by atoms with Crippen molar-refractivity contribution in [3.63, 3.8) is 0 Å². The molecule has 2 aromatic rings. The average molecular weight is 634 g/mol. The number of urea groups is 1. The zero-order valence-electron chi connectivity index (χ0n) is 28.8. The first-order valence-corrected chi connectivity index (χ1v) is 16.8. The molecule has 0 aromatic heterocycles. The maximum Gasteiger partial charge on any atom is 0.332 e. The number of rotatable bonds is 15. The van der Waals surface area contributed by atoms with Crippen molar-refractivity contribution in [2.45, 2.75) is 104 Å². The molecule has 46 heavy (non-hydrogen) atoms. The SMILES string of the molecule is CC[C@H](C)[C@H](NC(=O)[C@@H](NC(C)(C)C)C(C)C)C(=O)[C@@H]1CCCN(N(Cc2ccccc2)C(=O)N[C@H](C=O)Cc2ccccc2)C1. The van der Waals surface area contributed by atoms with Gasteiger partial charge in [-0.2, -0.15) is 0 Å². The molecule has 0 aliphatic carbocycles. The lowest BCUT2D eigenvalue weighted by Crippen LogP contribution is -2.60. The summed E-state index contributed by atoms with van der Waals surface area (Å²) in [6.45, 7) is 15.4. The van der Waals surface area contributed by atoms with Gasteiger partial charge in [0.25, 0.3) is 0 Å². The smallest absolute Gasteiger partial charge is 0.332 e. The van der Waals surface area contributed by atoms with Crippen LogP contribution >= 0.6 is 0 Å². The lowest BCUT2D eigenvalue weighted by molar-refractivity contribution is -0.135. The Morgan fingerprint density at radius 2 is 1.54 bits per heavy atom. The molecule has 9 heteroatoms. The van der Waals surface area contributed by atoms with Crippen molar-refractivity contribution in [1.29, 1.82) is 0 Å². The number of carbonyl (C=O) groups excluding carboxylic acids is 4. The maximum absolute atomic E-state index is 14.2. The Morgan fingerprint density at radius 3 is 2.09 bits per heavy atom. The highest BCUT2D eigenvalue weighted by Gasteiger charge is 2.38. The van der Waals surface area contributed by atoms with Crippen LogP contribution in [0.1, 0.15) is 78.9 Å². The minimum Gasteiger partial charge on any atom is -0.345 e. The van der Waals surface area contributed by atoms with Crippen LogP contribution in [0.4, 0.5) is 4.79 Å². The third-order valence-corrected chi connectivity index (χ3v) is 8.68. The van der Waals surface area contributed by atoms with Gasteiger partial charge in [0.15, 0.2) is 5.78 Å². The highest BCUT2D eigenvalue weighted by molar-refractivity contribution is 5.92. The lowest BCUT2D eigenvalue weighted by Gasteiger charge is -2.41. The maximum atomic E-state index is 14.2. The molecule has 1 fully saturated rings. The zero-order chi connectivity index (χ0) is 33.9. The number of hydrogen-bond donors (Lipinski definition) is 3. The molecule has 3 rings (SSSR count). The van der Waals surface area contributed by atoms with E-state index < -0.39 is 18.1 Å². The minimum absolute atomic E-state index is 0.000537. The molecule has 0 bridgehead atoms. The van der Waals surface area contributed by atoms with E-state index in [9.17, 15) is 19.2 Å². The van der Waals surface area contributed by atoms with E-state index in [4.69, 9.17) is 0 Å². The van der Waals surface area contributed by atoms with Crippen LogP contribution in [0.25, 0.3) is 0 Å². The first-order chi connectivity index (χ1) is 21.8. The largest absolute Gasteiger partial charge is 0.345 e. The summed E-state index contributed by atoms with van der Waals surface area (Å²) in [6.07, 6.45) is 3.29. The predicted molar refractivity (Wildman–Crippen MR) is 183 cm³/mol. The van der Waals surface area contributed by atoms with Crippen molar-refractivity contribution in [3.8, 4) is 0 Å². The summed E-state index contributed by atoms with van der Waals surface area (Å²) >= 11 is 0. The van der Waals surface area contributed by atoms with Gasteiger partial charge in [-0.3, -0.25) is 14.6 Å². The number of Topliss-reactive ketones (excluding diaryl/α,β-unsaturated/α-hetero) is 1. The van der Waals surface area contributed by atoms with Gasteiger partial charge in [-0.15, -0.1) is 0 Å². The summed E-state index contributed by atoms with van der Waals surface area (Å²) in [6, 6.07) is 17.1. The van der Waals surface area contributed by atoms with Crippen LogP contribution in [0.15, 0.2) is 60.7 Å². The molecule has 3 amide bonds. The third kappa shape index (κ3) is 11.1. The minimum atomic E-state index is -0.698. The van der Waals surface area contributed by atoms with E-state index in [1.54, 1.807) is 5.01 Å². The summed E-state index contributed by atoms with van der Waals surface area (Å²) < 4.78 is 0. The van der Waals surface area contributed by atoms with Crippen molar-refractivity contribution in [3.05, 3.63) is 71.8 Å². The molecule has 0 radical (unpaired) electrons. The summed E-state index contributed by atoms with van der Waals surface area (Å²) in [5.74, 6) is -0.540. The van der Waals surface area contributed by atoms with E-state index in [0.29, 0.717) is 32.5 Å². The van der Waals surface area contributed by atoms with Crippen LogP contribution in [-0.4, -0.2) is 70.8 Å². The van der Waals surface area contributed by atoms with Gasteiger partial charge in [0.1, 0.15) is 6.29 Å². The van der Waals surface area contributed by atoms with Gasteiger partial charge < -0.3 is 20.7 Å². The van der Waals surface area contributed by atoms with Gasteiger partial charge in [-0.1, -0.05) is 94.8 Å². The monoisotopic (exact) mass is 633 g/mol. The highest BCUT2D eigenvalue weighted by Crippen LogP contribution is 2.25. The Labute approximate surface area is 275 Å². The molecule has 0 saturated carbocycles. The van der Waals surface area contributed by atoms with Gasteiger partial charge in [-0.25, -0.2) is 9.80 Å². The fourth-order valence-electron chi connectivity index (χ4n) is 5.93. The molecule has 252 valence electrons. The number of nitrogens with zero attached hydrogens (tertiary/aromatic N) is 2. The van der Waals surface area contributed by atoms with Gasteiger partial charge in [0, 0.05) is 24.5 Å². The molecular formula is C37H55N5O4. The summed E-state index contributed by atoms with van der Waals surface area (Å²) in [5, 5.41) is 13.0. The molecule has 0 spiro atoms. The van der Waals surface area contributed by atoms with Crippen LogP contribution in [0.3, 0.4) is 0 Å². The molecule has 3 N–H and O–H groups in total. The predicted octanol–water partition coefficient (Wildman–Crippen LogP) is 5.15. The number of benzene rings is 2. The molecule has 9 nitrogen and oxygen atoms in total. The number of amides is 3. The topological polar surface area (TPSA) is 111 Å². The van der Waals surface area contributed by atoms with Crippen molar-refractivity contribution in [1.82, 2.24) is 26.0 Å². The summed E-state index contributed by atoms with van der Waals surface area (Å²) in [7, 11) is 0. The van der Waals surface area contributed by atoms with Crippen molar-refractivity contribution >= 4 is 24.0 Å². The van der Waals surface area contributed by atoms with E-state index in [0.717, 1.165) is 30.3 Å². The Hall–Kier alpha value is -3.56. The normalized spacial score (nSPS) is 18.2. The number of piperidine rings is 1. The Kier molecular flexibility index (Phi) is 13.9. The van der Waals surface area contributed by atoms with Crippen LogP contribution in [-0.2, 0) is 27.3 Å². The van der Waals surface area contributed by atoms with Crippen LogP contribution in [0.2, 0.25) is 0 Å². The second kappa shape index (κ2) is 17.4. The van der Waals surface area contributed by atoms with Crippen LogP contribution in [0.5, 0.6) is 0 Å².